The van der Waals surface area contributed by atoms with E-state index in [4.69, 9.17) is 10.00 Å². The van der Waals surface area contributed by atoms with E-state index in [9.17, 15) is 4.79 Å². The zero-order valence-corrected chi connectivity index (χ0v) is 9.66. The largest absolute Gasteiger partial charge is 0.383 e. The van der Waals surface area contributed by atoms with Gasteiger partial charge in [0, 0.05) is 19.7 Å². The Morgan fingerprint density at radius 3 is 3.06 bits per heavy atom. The van der Waals surface area contributed by atoms with Crippen molar-refractivity contribution in [1.82, 2.24) is 10.6 Å². The number of hydrogen-bond acceptors (Lipinski definition) is 4. The minimum Gasteiger partial charge on any atom is -0.383 e. The van der Waals surface area contributed by atoms with Gasteiger partial charge in [0.25, 0.3) is 0 Å². The van der Waals surface area contributed by atoms with E-state index >= 15 is 0 Å². The van der Waals surface area contributed by atoms with Crippen molar-refractivity contribution >= 4 is 5.91 Å². The third-order valence-corrected chi connectivity index (χ3v) is 2.83. The lowest BCUT2D eigenvalue weighted by molar-refractivity contribution is -0.120. The fourth-order valence-corrected chi connectivity index (χ4v) is 1.94. The van der Waals surface area contributed by atoms with Crippen LogP contribution in [-0.4, -0.2) is 38.8 Å². The number of nitrogens with zero attached hydrogens (tertiary/aromatic N) is 1. The lowest BCUT2D eigenvalue weighted by Crippen LogP contribution is -2.41. The van der Waals surface area contributed by atoms with Crippen molar-refractivity contribution in [2.75, 3.05) is 26.8 Å². The highest BCUT2D eigenvalue weighted by atomic mass is 16.5. The normalized spacial score (nSPS) is 24.0. The van der Waals surface area contributed by atoms with Crippen LogP contribution >= 0.6 is 0 Å². The van der Waals surface area contributed by atoms with E-state index in [1.165, 1.54) is 0 Å². The van der Waals surface area contributed by atoms with Crippen LogP contribution in [0.15, 0.2) is 0 Å². The van der Waals surface area contributed by atoms with Crippen LogP contribution in [0.2, 0.25) is 0 Å². The molecule has 1 aliphatic rings. The predicted octanol–water partition coefficient (Wildman–Crippen LogP) is 0.0309. The van der Waals surface area contributed by atoms with Gasteiger partial charge in [-0.15, -0.1) is 0 Å². The van der Waals surface area contributed by atoms with Gasteiger partial charge in [-0.3, -0.25) is 4.79 Å². The standard InChI is InChI=1S/C11H19N3O2/c1-16-6-5-13-11(15)8-14-10-4-2-3-9(10)7-12/h9-10,14H,2-6,8H2,1H3,(H,13,15). The molecule has 0 aromatic carbocycles. The molecule has 0 spiro atoms. The number of nitrogens with one attached hydrogen (secondary N) is 2. The van der Waals surface area contributed by atoms with Crippen LogP contribution in [0.4, 0.5) is 0 Å². The first-order valence-corrected chi connectivity index (χ1v) is 5.66. The molecular weight excluding hydrogens is 206 g/mol. The summed E-state index contributed by atoms with van der Waals surface area (Å²) in [6.45, 7) is 1.34. The Morgan fingerprint density at radius 2 is 2.38 bits per heavy atom. The summed E-state index contributed by atoms with van der Waals surface area (Å²) in [5.41, 5.74) is 0. The molecule has 0 heterocycles. The highest BCUT2D eigenvalue weighted by Crippen LogP contribution is 2.24. The van der Waals surface area contributed by atoms with Crippen molar-refractivity contribution in [2.24, 2.45) is 5.92 Å². The highest BCUT2D eigenvalue weighted by molar-refractivity contribution is 5.77. The van der Waals surface area contributed by atoms with Crippen molar-refractivity contribution in [3.8, 4) is 6.07 Å². The minimum absolute atomic E-state index is 0.0411. The summed E-state index contributed by atoms with van der Waals surface area (Å²) in [5, 5.41) is 14.7. The number of carbonyl (C=O) groups is 1. The van der Waals surface area contributed by atoms with Gasteiger partial charge in [0.2, 0.25) is 5.91 Å². The molecule has 1 amide bonds. The van der Waals surface area contributed by atoms with Gasteiger partial charge in [0.05, 0.1) is 25.1 Å². The Balaban J connectivity index is 2.14. The second-order valence-corrected chi connectivity index (χ2v) is 4.00. The van der Waals surface area contributed by atoms with Gasteiger partial charge in [-0.05, 0) is 12.8 Å². The number of ether oxygens (including phenoxy) is 1. The Labute approximate surface area is 96.2 Å². The molecule has 1 aliphatic carbocycles. The zero-order chi connectivity index (χ0) is 11.8. The lowest BCUT2D eigenvalue weighted by Gasteiger charge is -2.15. The highest BCUT2D eigenvalue weighted by Gasteiger charge is 2.26. The maximum Gasteiger partial charge on any atom is 0.234 e. The zero-order valence-electron chi connectivity index (χ0n) is 9.66. The molecule has 2 unspecified atom stereocenters. The quantitative estimate of drug-likeness (QED) is 0.625. The first-order chi connectivity index (χ1) is 7.77. The van der Waals surface area contributed by atoms with E-state index in [0.717, 1.165) is 19.3 Å². The third kappa shape index (κ3) is 4.17. The Bertz CT molecular complexity index is 262. The molecule has 1 fully saturated rings. The fraction of sp³-hybridized carbons (Fsp3) is 0.818. The van der Waals surface area contributed by atoms with Crippen molar-refractivity contribution in [3.63, 3.8) is 0 Å². The first kappa shape index (κ1) is 12.9. The molecule has 0 saturated heterocycles. The first-order valence-electron chi connectivity index (χ1n) is 5.66. The van der Waals surface area contributed by atoms with Gasteiger partial charge < -0.3 is 15.4 Å². The number of methoxy groups -OCH3 is 1. The maximum atomic E-state index is 11.4. The summed E-state index contributed by atoms with van der Waals surface area (Å²) in [6.07, 6.45) is 3.00. The van der Waals surface area contributed by atoms with Crippen LogP contribution in [0, 0.1) is 17.2 Å². The molecule has 0 radical (unpaired) electrons. The van der Waals surface area contributed by atoms with E-state index in [-0.39, 0.29) is 24.4 Å². The van der Waals surface area contributed by atoms with Crippen LogP contribution in [0.3, 0.4) is 0 Å². The van der Waals surface area contributed by atoms with Crippen molar-refractivity contribution in [1.29, 1.82) is 5.26 Å². The van der Waals surface area contributed by atoms with Gasteiger partial charge in [-0.25, -0.2) is 0 Å². The summed E-state index contributed by atoms with van der Waals surface area (Å²) in [7, 11) is 1.60. The molecule has 0 bridgehead atoms. The maximum absolute atomic E-state index is 11.4. The van der Waals surface area contributed by atoms with Gasteiger partial charge in [-0.2, -0.15) is 5.26 Å². The van der Waals surface area contributed by atoms with Crippen LogP contribution in [0.1, 0.15) is 19.3 Å². The van der Waals surface area contributed by atoms with E-state index < -0.39 is 0 Å². The molecule has 1 rings (SSSR count). The van der Waals surface area contributed by atoms with Crippen molar-refractivity contribution < 1.29 is 9.53 Å². The molecule has 0 aromatic heterocycles. The van der Waals surface area contributed by atoms with E-state index in [2.05, 4.69) is 16.7 Å². The number of nitriles is 1. The molecule has 5 heteroatoms. The van der Waals surface area contributed by atoms with E-state index in [1.54, 1.807) is 7.11 Å². The molecule has 90 valence electrons. The summed E-state index contributed by atoms with van der Waals surface area (Å²) >= 11 is 0. The second kappa shape index (κ2) is 7.20. The van der Waals surface area contributed by atoms with Gasteiger partial charge >= 0.3 is 0 Å². The minimum atomic E-state index is -0.0411. The van der Waals surface area contributed by atoms with Gasteiger partial charge in [0.15, 0.2) is 0 Å². The number of hydrogen-bond donors (Lipinski definition) is 2. The SMILES string of the molecule is COCCNC(=O)CNC1CCCC1C#N. The molecule has 2 N–H and O–H groups in total. The molecule has 0 aliphatic heterocycles. The molecule has 2 atom stereocenters. The summed E-state index contributed by atoms with van der Waals surface area (Å²) in [6, 6.07) is 2.45. The molecule has 5 nitrogen and oxygen atoms in total. The molecule has 0 aromatic rings. The lowest BCUT2D eigenvalue weighted by atomic mass is 10.1. The predicted molar refractivity (Wildman–Crippen MR) is 59.6 cm³/mol. The van der Waals surface area contributed by atoms with Crippen molar-refractivity contribution in [3.05, 3.63) is 0 Å². The van der Waals surface area contributed by atoms with Gasteiger partial charge in [-0.1, -0.05) is 6.42 Å². The molecule has 1 saturated carbocycles. The molecule has 16 heavy (non-hydrogen) atoms. The Morgan fingerprint density at radius 1 is 1.56 bits per heavy atom. The Kier molecular flexibility index (Phi) is 5.83. The number of amides is 1. The van der Waals surface area contributed by atoms with E-state index in [0.29, 0.717) is 13.2 Å². The monoisotopic (exact) mass is 225 g/mol. The third-order valence-electron chi connectivity index (χ3n) is 2.83. The summed E-state index contributed by atoms with van der Waals surface area (Å²) < 4.78 is 4.83. The fourth-order valence-electron chi connectivity index (χ4n) is 1.94. The topological polar surface area (TPSA) is 74.2 Å². The number of carbonyl (C=O) groups excluding carboxylic acids is 1. The summed E-state index contributed by atoms with van der Waals surface area (Å²) in [4.78, 5) is 11.4. The smallest absolute Gasteiger partial charge is 0.234 e. The summed E-state index contributed by atoms with van der Waals surface area (Å²) in [5.74, 6) is 0.0208. The van der Waals surface area contributed by atoms with Crippen LogP contribution in [-0.2, 0) is 9.53 Å². The average molecular weight is 225 g/mol. The van der Waals surface area contributed by atoms with E-state index in [1.807, 2.05) is 0 Å². The Hall–Kier alpha value is -1.12. The van der Waals surface area contributed by atoms with Crippen LogP contribution < -0.4 is 10.6 Å². The van der Waals surface area contributed by atoms with Gasteiger partial charge in [0.1, 0.15) is 0 Å². The van der Waals surface area contributed by atoms with Crippen LogP contribution in [0.25, 0.3) is 0 Å². The second-order valence-electron chi connectivity index (χ2n) is 4.00. The average Bonchev–Trinajstić information content (AvgIpc) is 2.74. The molecular formula is C11H19N3O2. The van der Waals surface area contributed by atoms with Crippen LogP contribution in [0.5, 0.6) is 0 Å². The van der Waals surface area contributed by atoms with Crippen molar-refractivity contribution in [2.45, 2.75) is 25.3 Å². The number of rotatable bonds is 6.